The van der Waals surface area contributed by atoms with E-state index in [-0.39, 0.29) is 0 Å². The smallest absolute Gasteiger partial charge is 0.124 e. The van der Waals surface area contributed by atoms with Gasteiger partial charge in [-0.2, -0.15) is 5.10 Å². The predicted molar refractivity (Wildman–Crippen MR) is 141 cm³/mol. The Kier molecular flexibility index (Phi) is 7.51. The van der Waals surface area contributed by atoms with Crippen molar-refractivity contribution >= 4 is 22.4 Å². The summed E-state index contributed by atoms with van der Waals surface area (Å²) in [4.78, 5) is 14.3. The lowest BCUT2D eigenvalue weighted by Crippen LogP contribution is -2.37. The number of nitrogens with zero attached hydrogens (tertiary/aromatic N) is 6. The van der Waals surface area contributed by atoms with Crippen LogP contribution >= 0.6 is 0 Å². The molecule has 0 aliphatic heterocycles. The van der Waals surface area contributed by atoms with Gasteiger partial charge < -0.3 is 14.4 Å². The van der Waals surface area contributed by atoms with E-state index in [0.717, 1.165) is 64.8 Å². The average molecular weight is 475 g/mol. The maximum absolute atomic E-state index is 5.56. The Morgan fingerprint density at radius 1 is 0.914 bits per heavy atom. The number of hydrogen-bond acceptors (Lipinski definition) is 7. The van der Waals surface area contributed by atoms with E-state index in [1.54, 1.807) is 31.3 Å². The fraction of sp³-hybridized carbons (Fsp3) is 0.370. The van der Waals surface area contributed by atoms with Crippen LogP contribution in [-0.4, -0.2) is 64.5 Å². The molecule has 2 aromatic heterocycles. The number of likely N-dealkylation sites (N-methyl/N-ethyl adjacent to an activating group) is 1. The second-order valence-electron chi connectivity index (χ2n) is 8.78. The van der Waals surface area contributed by atoms with Crippen molar-refractivity contribution in [3.05, 3.63) is 55.0 Å². The summed E-state index contributed by atoms with van der Waals surface area (Å²) >= 11 is 0. The standard InChI is InChI=1S/C27H34N6O2/c1-7-32(19(2)3)10-11-33(22-12-23(34-5)15-24(13-22)35-6)21-8-9-25-26(14-21)30-27(17-28-25)20-16-29-31(4)18-20/h8-9,12-19H,7,10-11H2,1-6H3. The van der Waals surface area contributed by atoms with E-state index in [2.05, 4.69) is 52.8 Å². The van der Waals surface area contributed by atoms with Gasteiger partial charge in [0, 0.05) is 67.5 Å². The zero-order chi connectivity index (χ0) is 24.9. The van der Waals surface area contributed by atoms with Crippen LogP contribution in [0.25, 0.3) is 22.3 Å². The lowest BCUT2D eigenvalue weighted by atomic mass is 10.2. The highest BCUT2D eigenvalue weighted by Gasteiger charge is 2.17. The second kappa shape index (κ2) is 10.7. The van der Waals surface area contributed by atoms with E-state index in [1.165, 1.54) is 0 Å². The Balaban J connectivity index is 1.77. The van der Waals surface area contributed by atoms with Crippen molar-refractivity contribution in [2.75, 3.05) is 38.8 Å². The van der Waals surface area contributed by atoms with Gasteiger partial charge in [0.1, 0.15) is 11.5 Å². The van der Waals surface area contributed by atoms with Crippen molar-refractivity contribution in [2.45, 2.75) is 26.8 Å². The number of methoxy groups -OCH3 is 2. The summed E-state index contributed by atoms with van der Waals surface area (Å²) in [6.07, 6.45) is 5.55. The number of ether oxygens (including phenoxy) is 2. The molecule has 35 heavy (non-hydrogen) atoms. The molecule has 0 saturated carbocycles. The topological polar surface area (TPSA) is 68.5 Å². The fourth-order valence-corrected chi connectivity index (χ4v) is 4.23. The molecular weight excluding hydrogens is 440 g/mol. The Bertz CT molecular complexity index is 1260. The number of aromatic nitrogens is 4. The minimum absolute atomic E-state index is 0.464. The van der Waals surface area contributed by atoms with Gasteiger partial charge >= 0.3 is 0 Å². The fourth-order valence-electron chi connectivity index (χ4n) is 4.23. The summed E-state index contributed by atoms with van der Waals surface area (Å²) in [7, 11) is 5.24. The lowest BCUT2D eigenvalue weighted by Gasteiger charge is -2.31. The Hall–Kier alpha value is -3.65. The van der Waals surface area contributed by atoms with Gasteiger partial charge in [0.05, 0.1) is 43.3 Å². The first-order chi connectivity index (χ1) is 16.9. The first-order valence-corrected chi connectivity index (χ1v) is 11.9. The van der Waals surface area contributed by atoms with Crippen molar-refractivity contribution in [2.24, 2.45) is 7.05 Å². The van der Waals surface area contributed by atoms with Crippen molar-refractivity contribution in [1.29, 1.82) is 0 Å². The van der Waals surface area contributed by atoms with Gasteiger partial charge in [-0.1, -0.05) is 6.92 Å². The summed E-state index contributed by atoms with van der Waals surface area (Å²) in [6, 6.07) is 12.6. The molecule has 0 spiro atoms. The molecule has 8 nitrogen and oxygen atoms in total. The van der Waals surface area contributed by atoms with Crippen LogP contribution in [0.3, 0.4) is 0 Å². The molecule has 0 bridgehead atoms. The molecule has 4 rings (SSSR count). The van der Waals surface area contributed by atoms with Gasteiger partial charge in [-0.05, 0) is 38.6 Å². The maximum atomic E-state index is 5.56. The highest BCUT2D eigenvalue weighted by molar-refractivity contribution is 5.82. The molecule has 0 radical (unpaired) electrons. The van der Waals surface area contributed by atoms with E-state index >= 15 is 0 Å². The van der Waals surface area contributed by atoms with Crippen molar-refractivity contribution < 1.29 is 9.47 Å². The third-order valence-corrected chi connectivity index (χ3v) is 6.23. The number of rotatable bonds is 10. The predicted octanol–water partition coefficient (Wildman–Crippen LogP) is 4.92. The van der Waals surface area contributed by atoms with Crippen LogP contribution in [0.5, 0.6) is 11.5 Å². The molecule has 0 aliphatic rings. The van der Waals surface area contributed by atoms with Gasteiger partial charge in [-0.3, -0.25) is 14.6 Å². The number of anilines is 2. The van der Waals surface area contributed by atoms with Crippen molar-refractivity contribution in [1.82, 2.24) is 24.6 Å². The first kappa shape index (κ1) is 24.5. The average Bonchev–Trinajstić information content (AvgIpc) is 3.31. The van der Waals surface area contributed by atoms with Crippen LogP contribution in [0, 0.1) is 0 Å². The summed E-state index contributed by atoms with van der Waals surface area (Å²) in [5, 5.41) is 4.27. The SMILES string of the molecule is CCN(CCN(c1cc(OC)cc(OC)c1)c1ccc2ncc(-c3cnn(C)c3)nc2c1)C(C)C. The molecule has 0 N–H and O–H groups in total. The molecule has 0 fully saturated rings. The summed E-state index contributed by atoms with van der Waals surface area (Å²) in [5.41, 5.74) is 5.45. The van der Waals surface area contributed by atoms with Crippen LogP contribution in [-0.2, 0) is 7.05 Å². The van der Waals surface area contributed by atoms with Crippen LogP contribution in [0.2, 0.25) is 0 Å². The van der Waals surface area contributed by atoms with Gasteiger partial charge in [-0.25, -0.2) is 4.98 Å². The van der Waals surface area contributed by atoms with Crippen LogP contribution in [0.4, 0.5) is 11.4 Å². The van der Waals surface area contributed by atoms with Gasteiger partial charge in [0.2, 0.25) is 0 Å². The zero-order valence-corrected chi connectivity index (χ0v) is 21.4. The number of hydrogen-bond donors (Lipinski definition) is 0. The molecule has 8 heteroatoms. The van der Waals surface area contributed by atoms with E-state index in [0.29, 0.717) is 6.04 Å². The van der Waals surface area contributed by atoms with Crippen molar-refractivity contribution in [3.63, 3.8) is 0 Å². The van der Waals surface area contributed by atoms with E-state index in [1.807, 2.05) is 37.5 Å². The second-order valence-corrected chi connectivity index (χ2v) is 8.78. The minimum atomic E-state index is 0.464. The van der Waals surface area contributed by atoms with Crippen LogP contribution < -0.4 is 14.4 Å². The highest BCUT2D eigenvalue weighted by atomic mass is 16.5. The van der Waals surface area contributed by atoms with E-state index in [9.17, 15) is 0 Å². The molecule has 0 saturated heterocycles. The summed E-state index contributed by atoms with van der Waals surface area (Å²) in [5.74, 6) is 1.50. The third kappa shape index (κ3) is 5.54. The largest absolute Gasteiger partial charge is 0.497 e. The lowest BCUT2D eigenvalue weighted by molar-refractivity contribution is 0.240. The molecule has 2 heterocycles. The van der Waals surface area contributed by atoms with Crippen LogP contribution in [0.15, 0.2) is 55.0 Å². The molecule has 4 aromatic rings. The summed E-state index contributed by atoms with van der Waals surface area (Å²) in [6.45, 7) is 9.35. The molecule has 0 atom stereocenters. The number of aryl methyl sites for hydroxylation is 1. The van der Waals surface area contributed by atoms with Crippen molar-refractivity contribution in [3.8, 4) is 22.8 Å². The molecular formula is C27H34N6O2. The zero-order valence-electron chi connectivity index (χ0n) is 21.4. The molecule has 0 unspecified atom stereocenters. The summed E-state index contributed by atoms with van der Waals surface area (Å²) < 4.78 is 12.9. The van der Waals surface area contributed by atoms with Gasteiger partial charge in [-0.15, -0.1) is 0 Å². The number of fused-ring (bicyclic) bond motifs is 1. The first-order valence-electron chi connectivity index (χ1n) is 11.9. The molecule has 184 valence electrons. The highest BCUT2D eigenvalue weighted by Crippen LogP contribution is 2.34. The number of benzene rings is 2. The molecule has 0 aliphatic carbocycles. The van der Waals surface area contributed by atoms with Gasteiger partial charge in [0.15, 0.2) is 0 Å². The monoisotopic (exact) mass is 474 g/mol. The minimum Gasteiger partial charge on any atom is -0.497 e. The normalized spacial score (nSPS) is 11.4. The van der Waals surface area contributed by atoms with E-state index in [4.69, 9.17) is 14.5 Å². The maximum Gasteiger partial charge on any atom is 0.124 e. The van der Waals surface area contributed by atoms with Gasteiger partial charge in [0.25, 0.3) is 0 Å². The third-order valence-electron chi connectivity index (χ3n) is 6.23. The Morgan fingerprint density at radius 2 is 1.66 bits per heavy atom. The molecule has 0 amide bonds. The van der Waals surface area contributed by atoms with E-state index < -0.39 is 0 Å². The van der Waals surface area contributed by atoms with Crippen LogP contribution in [0.1, 0.15) is 20.8 Å². The molecule has 2 aromatic carbocycles. The Labute approximate surface area is 207 Å². The quantitative estimate of drug-likeness (QED) is 0.323. The Morgan fingerprint density at radius 3 is 2.26 bits per heavy atom.